The van der Waals surface area contributed by atoms with Crippen LogP contribution in [0.4, 0.5) is 5.82 Å². The van der Waals surface area contributed by atoms with Gasteiger partial charge < -0.3 is 5.32 Å². The van der Waals surface area contributed by atoms with Crippen molar-refractivity contribution in [2.24, 2.45) is 0 Å². The molecule has 0 amide bonds. The van der Waals surface area contributed by atoms with Crippen LogP contribution in [-0.2, 0) is 6.42 Å². The molecule has 0 atom stereocenters. The Morgan fingerprint density at radius 3 is 2.74 bits per heavy atom. The standard InChI is InChI=1S/C15H20N4/c1-4-7-17-15-11(2)12(3)18-14(19-15)9-13-6-5-8-16-10-13/h5-6,8,10H,4,7,9H2,1-3H3,(H,17,18,19). The summed E-state index contributed by atoms with van der Waals surface area (Å²) in [5.74, 6) is 1.79. The van der Waals surface area contributed by atoms with Crippen LogP contribution < -0.4 is 5.32 Å². The second-order valence-corrected chi connectivity index (χ2v) is 4.66. The van der Waals surface area contributed by atoms with Crippen LogP contribution in [0.3, 0.4) is 0 Å². The number of anilines is 1. The molecule has 0 radical (unpaired) electrons. The zero-order chi connectivity index (χ0) is 13.7. The summed E-state index contributed by atoms with van der Waals surface area (Å²) >= 11 is 0. The number of aromatic nitrogens is 3. The minimum absolute atomic E-state index is 0.718. The summed E-state index contributed by atoms with van der Waals surface area (Å²) in [6.45, 7) is 7.17. The van der Waals surface area contributed by atoms with Gasteiger partial charge in [0, 0.05) is 36.6 Å². The number of aryl methyl sites for hydroxylation is 1. The molecule has 0 saturated heterocycles. The third kappa shape index (κ3) is 3.50. The second-order valence-electron chi connectivity index (χ2n) is 4.66. The minimum Gasteiger partial charge on any atom is -0.370 e. The summed E-state index contributed by atoms with van der Waals surface area (Å²) in [6.07, 6.45) is 5.44. The van der Waals surface area contributed by atoms with E-state index < -0.39 is 0 Å². The van der Waals surface area contributed by atoms with Gasteiger partial charge in [-0.15, -0.1) is 0 Å². The number of rotatable bonds is 5. The first-order valence-corrected chi connectivity index (χ1v) is 6.67. The lowest BCUT2D eigenvalue weighted by Crippen LogP contribution is -2.09. The molecule has 19 heavy (non-hydrogen) atoms. The zero-order valence-electron chi connectivity index (χ0n) is 11.8. The molecule has 4 heteroatoms. The van der Waals surface area contributed by atoms with Crippen LogP contribution >= 0.6 is 0 Å². The molecular weight excluding hydrogens is 236 g/mol. The fourth-order valence-corrected chi connectivity index (χ4v) is 1.87. The highest BCUT2D eigenvalue weighted by molar-refractivity contribution is 5.45. The van der Waals surface area contributed by atoms with Crippen molar-refractivity contribution in [2.75, 3.05) is 11.9 Å². The van der Waals surface area contributed by atoms with Gasteiger partial charge in [0.25, 0.3) is 0 Å². The highest BCUT2D eigenvalue weighted by Gasteiger charge is 2.08. The van der Waals surface area contributed by atoms with Gasteiger partial charge in [-0.25, -0.2) is 9.97 Å². The number of hydrogen-bond acceptors (Lipinski definition) is 4. The van der Waals surface area contributed by atoms with Crippen molar-refractivity contribution >= 4 is 5.82 Å². The van der Waals surface area contributed by atoms with Crippen LogP contribution in [0.1, 0.15) is 36.0 Å². The summed E-state index contributed by atoms with van der Waals surface area (Å²) in [4.78, 5) is 13.3. The molecular formula is C15H20N4. The van der Waals surface area contributed by atoms with Gasteiger partial charge in [-0.2, -0.15) is 0 Å². The van der Waals surface area contributed by atoms with E-state index in [1.54, 1.807) is 6.20 Å². The third-order valence-electron chi connectivity index (χ3n) is 3.06. The Kier molecular flexibility index (Phi) is 4.44. The van der Waals surface area contributed by atoms with E-state index in [0.717, 1.165) is 47.8 Å². The number of nitrogens with zero attached hydrogens (tertiary/aromatic N) is 3. The molecule has 0 aromatic carbocycles. The predicted octanol–water partition coefficient (Wildman–Crippen LogP) is 2.90. The number of hydrogen-bond donors (Lipinski definition) is 1. The molecule has 0 saturated carbocycles. The smallest absolute Gasteiger partial charge is 0.135 e. The molecule has 0 aliphatic carbocycles. The van der Waals surface area contributed by atoms with E-state index in [-0.39, 0.29) is 0 Å². The van der Waals surface area contributed by atoms with Gasteiger partial charge in [-0.1, -0.05) is 13.0 Å². The van der Waals surface area contributed by atoms with Crippen molar-refractivity contribution in [1.82, 2.24) is 15.0 Å². The zero-order valence-corrected chi connectivity index (χ0v) is 11.8. The van der Waals surface area contributed by atoms with E-state index >= 15 is 0 Å². The monoisotopic (exact) mass is 256 g/mol. The molecule has 2 aromatic rings. The summed E-state index contributed by atoms with van der Waals surface area (Å²) in [5.41, 5.74) is 3.29. The maximum absolute atomic E-state index is 4.62. The third-order valence-corrected chi connectivity index (χ3v) is 3.06. The maximum Gasteiger partial charge on any atom is 0.135 e. The molecule has 2 heterocycles. The molecule has 0 bridgehead atoms. The molecule has 0 fully saturated rings. The number of nitrogens with one attached hydrogen (secondary N) is 1. The molecule has 100 valence electrons. The van der Waals surface area contributed by atoms with Gasteiger partial charge in [-0.3, -0.25) is 4.98 Å². The Morgan fingerprint density at radius 1 is 1.21 bits per heavy atom. The highest BCUT2D eigenvalue weighted by Crippen LogP contribution is 2.16. The van der Waals surface area contributed by atoms with Gasteiger partial charge in [0.1, 0.15) is 11.6 Å². The number of pyridine rings is 1. The van der Waals surface area contributed by atoms with Crippen molar-refractivity contribution in [1.29, 1.82) is 0 Å². The van der Waals surface area contributed by atoms with E-state index in [4.69, 9.17) is 0 Å². The van der Waals surface area contributed by atoms with Crippen molar-refractivity contribution in [3.63, 3.8) is 0 Å². The first kappa shape index (κ1) is 13.5. The molecule has 1 N–H and O–H groups in total. The summed E-state index contributed by atoms with van der Waals surface area (Å²) in [7, 11) is 0. The molecule has 2 aromatic heterocycles. The average Bonchev–Trinajstić information content (AvgIpc) is 2.42. The van der Waals surface area contributed by atoms with Crippen molar-refractivity contribution < 1.29 is 0 Å². The Hall–Kier alpha value is -1.97. The van der Waals surface area contributed by atoms with Crippen LogP contribution in [-0.4, -0.2) is 21.5 Å². The molecule has 0 spiro atoms. The Balaban J connectivity index is 2.23. The van der Waals surface area contributed by atoms with Crippen LogP contribution in [0, 0.1) is 13.8 Å². The summed E-state index contributed by atoms with van der Waals surface area (Å²) in [6, 6.07) is 3.98. The molecule has 4 nitrogen and oxygen atoms in total. The van der Waals surface area contributed by atoms with Gasteiger partial charge in [0.05, 0.1) is 0 Å². The van der Waals surface area contributed by atoms with Crippen molar-refractivity contribution in [3.05, 3.63) is 47.2 Å². The fraction of sp³-hybridized carbons (Fsp3) is 0.400. The predicted molar refractivity (Wildman–Crippen MR) is 77.3 cm³/mol. The molecule has 0 aliphatic heterocycles. The lowest BCUT2D eigenvalue weighted by atomic mass is 10.2. The van der Waals surface area contributed by atoms with Crippen molar-refractivity contribution in [3.8, 4) is 0 Å². The fourth-order valence-electron chi connectivity index (χ4n) is 1.87. The van der Waals surface area contributed by atoms with Crippen LogP contribution in [0.15, 0.2) is 24.5 Å². The lowest BCUT2D eigenvalue weighted by molar-refractivity contribution is 0.902. The van der Waals surface area contributed by atoms with E-state index in [9.17, 15) is 0 Å². The van der Waals surface area contributed by atoms with Crippen LogP contribution in [0.5, 0.6) is 0 Å². The summed E-state index contributed by atoms with van der Waals surface area (Å²) in [5, 5.41) is 3.36. The van der Waals surface area contributed by atoms with Gasteiger partial charge >= 0.3 is 0 Å². The molecule has 0 unspecified atom stereocenters. The Morgan fingerprint density at radius 2 is 2.05 bits per heavy atom. The second kappa shape index (κ2) is 6.27. The molecule has 2 rings (SSSR count). The SMILES string of the molecule is CCCNc1nc(Cc2cccnc2)nc(C)c1C. The first-order valence-electron chi connectivity index (χ1n) is 6.67. The first-order chi connectivity index (χ1) is 9.20. The quantitative estimate of drug-likeness (QED) is 0.893. The van der Waals surface area contributed by atoms with Crippen LogP contribution in [0.25, 0.3) is 0 Å². The van der Waals surface area contributed by atoms with E-state index in [1.165, 1.54) is 0 Å². The lowest BCUT2D eigenvalue weighted by Gasteiger charge is -2.11. The van der Waals surface area contributed by atoms with E-state index in [1.807, 2.05) is 25.3 Å². The maximum atomic E-state index is 4.62. The van der Waals surface area contributed by atoms with E-state index in [0.29, 0.717) is 0 Å². The van der Waals surface area contributed by atoms with Gasteiger partial charge in [0.15, 0.2) is 0 Å². The van der Waals surface area contributed by atoms with Crippen molar-refractivity contribution in [2.45, 2.75) is 33.6 Å². The minimum atomic E-state index is 0.718. The highest BCUT2D eigenvalue weighted by atomic mass is 15.0. The van der Waals surface area contributed by atoms with Gasteiger partial charge in [-0.05, 0) is 31.9 Å². The largest absolute Gasteiger partial charge is 0.370 e. The molecule has 0 aliphatic rings. The summed E-state index contributed by atoms with van der Waals surface area (Å²) < 4.78 is 0. The topological polar surface area (TPSA) is 50.7 Å². The van der Waals surface area contributed by atoms with Crippen LogP contribution in [0.2, 0.25) is 0 Å². The Bertz CT molecular complexity index is 537. The van der Waals surface area contributed by atoms with E-state index in [2.05, 4.69) is 34.1 Å². The Labute approximate surface area is 114 Å². The normalized spacial score (nSPS) is 10.5. The van der Waals surface area contributed by atoms with Gasteiger partial charge in [0.2, 0.25) is 0 Å². The average molecular weight is 256 g/mol.